The Labute approximate surface area is 105 Å². The normalized spacial score (nSPS) is 14.6. The Morgan fingerprint density at radius 1 is 1.12 bits per heavy atom. The maximum absolute atomic E-state index is 12.4. The first-order valence-corrected chi connectivity index (χ1v) is 6.63. The predicted molar refractivity (Wildman–Crippen MR) is 73.1 cm³/mol. The molecular weight excluding hydrogens is 208 g/mol. The lowest BCUT2D eigenvalue weighted by Gasteiger charge is -2.23. The summed E-state index contributed by atoms with van der Waals surface area (Å²) in [7, 11) is 0. The number of ketones is 1. The lowest BCUT2D eigenvalue weighted by molar-refractivity contribution is -0.122. The van der Waals surface area contributed by atoms with Crippen LogP contribution >= 0.6 is 0 Å². The maximum atomic E-state index is 12.4. The number of Topliss-reactive ketones (excluding diaryl/α,β-unsaturated/α-hetero) is 1. The van der Waals surface area contributed by atoms with Crippen molar-refractivity contribution >= 4 is 5.78 Å². The third-order valence-electron chi connectivity index (χ3n) is 3.33. The lowest BCUT2D eigenvalue weighted by atomic mass is 9.80. The van der Waals surface area contributed by atoms with Gasteiger partial charge in [-0.15, -0.1) is 0 Å². The summed E-state index contributed by atoms with van der Waals surface area (Å²) in [6.45, 7) is 8.55. The van der Waals surface area contributed by atoms with Crippen LogP contribution in [0.3, 0.4) is 0 Å². The van der Waals surface area contributed by atoms with Crippen molar-refractivity contribution < 1.29 is 4.79 Å². The molecule has 0 spiro atoms. The fourth-order valence-corrected chi connectivity index (χ4v) is 2.26. The maximum Gasteiger partial charge on any atom is 0.140 e. The summed E-state index contributed by atoms with van der Waals surface area (Å²) >= 11 is 0. The van der Waals surface area contributed by atoms with Gasteiger partial charge < -0.3 is 0 Å². The van der Waals surface area contributed by atoms with E-state index in [0.29, 0.717) is 24.0 Å². The van der Waals surface area contributed by atoms with E-state index in [9.17, 15) is 4.79 Å². The van der Waals surface area contributed by atoms with Gasteiger partial charge in [-0.2, -0.15) is 0 Å². The molecule has 0 amide bonds. The van der Waals surface area contributed by atoms with Crippen LogP contribution in [0.5, 0.6) is 0 Å². The Hall–Kier alpha value is -1.11. The monoisotopic (exact) mass is 232 g/mol. The average molecular weight is 232 g/mol. The number of hydrogen-bond donors (Lipinski definition) is 0. The molecule has 1 aromatic carbocycles. The molecule has 0 fully saturated rings. The Balaban J connectivity index is 2.92. The number of carbonyl (C=O) groups is 1. The molecule has 0 aliphatic rings. The Morgan fingerprint density at radius 2 is 1.71 bits per heavy atom. The van der Waals surface area contributed by atoms with E-state index in [1.807, 2.05) is 18.2 Å². The quantitative estimate of drug-likeness (QED) is 0.709. The van der Waals surface area contributed by atoms with Crippen LogP contribution in [0.4, 0.5) is 0 Å². The van der Waals surface area contributed by atoms with Gasteiger partial charge in [0.1, 0.15) is 5.78 Å². The fourth-order valence-electron chi connectivity index (χ4n) is 2.26. The first-order valence-electron chi connectivity index (χ1n) is 6.63. The van der Waals surface area contributed by atoms with Crippen LogP contribution in [0.1, 0.15) is 52.0 Å². The average Bonchev–Trinajstić information content (AvgIpc) is 2.29. The van der Waals surface area contributed by atoms with Gasteiger partial charge in [0.2, 0.25) is 0 Å². The van der Waals surface area contributed by atoms with Gasteiger partial charge >= 0.3 is 0 Å². The largest absolute Gasteiger partial charge is 0.299 e. The molecule has 1 rings (SSSR count). The van der Waals surface area contributed by atoms with E-state index < -0.39 is 0 Å². The van der Waals surface area contributed by atoms with Crippen LogP contribution in [0, 0.1) is 11.8 Å². The SMILES string of the molecule is CCC(C)C(C(=O)CC(C)C)c1ccccc1. The molecule has 2 unspecified atom stereocenters. The summed E-state index contributed by atoms with van der Waals surface area (Å²) in [5, 5.41) is 0. The minimum atomic E-state index is 0.0728. The van der Waals surface area contributed by atoms with Crippen LogP contribution < -0.4 is 0 Å². The fraction of sp³-hybridized carbons (Fsp3) is 0.562. The first-order chi connectivity index (χ1) is 8.06. The highest BCUT2D eigenvalue weighted by molar-refractivity contribution is 5.86. The Bertz CT molecular complexity index is 340. The second-order valence-corrected chi connectivity index (χ2v) is 5.34. The van der Waals surface area contributed by atoms with Crippen LogP contribution in [0.15, 0.2) is 30.3 Å². The topological polar surface area (TPSA) is 17.1 Å². The van der Waals surface area contributed by atoms with E-state index in [1.54, 1.807) is 0 Å². The number of rotatable bonds is 6. The van der Waals surface area contributed by atoms with Crippen molar-refractivity contribution in [3.05, 3.63) is 35.9 Å². The van der Waals surface area contributed by atoms with Crippen molar-refractivity contribution in [3.8, 4) is 0 Å². The molecule has 0 saturated heterocycles. The van der Waals surface area contributed by atoms with Gasteiger partial charge in [0, 0.05) is 12.3 Å². The smallest absolute Gasteiger partial charge is 0.140 e. The number of benzene rings is 1. The molecule has 1 nitrogen and oxygen atoms in total. The van der Waals surface area contributed by atoms with Crippen molar-refractivity contribution in [3.63, 3.8) is 0 Å². The Morgan fingerprint density at radius 3 is 2.18 bits per heavy atom. The molecule has 0 N–H and O–H groups in total. The minimum absolute atomic E-state index is 0.0728. The molecule has 0 saturated carbocycles. The van der Waals surface area contributed by atoms with Gasteiger partial charge in [-0.3, -0.25) is 4.79 Å². The molecule has 0 radical (unpaired) electrons. The van der Waals surface area contributed by atoms with Crippen LogP contribution in [0.25, 0.3) is 0 Å². The van der Waals surface area contributed by atoms with Gasteiger partial charge in [-0.1, -0.05) is 64.4 Å². The van der Waals surface area contributed by atoms with Crippen LogP contribution in [-0.2, 0) is 4.79 Å². The highest BCUT2D eigenvalue weighted by atomic mass is 16.1. The van der Waals surface area contributed by atoms with E-state index in [-0.39, 0.29) is 5.92 Å². The number of hydrogen-bond acceptors (Lipinski definition) is 1. The molecule has 0 heterocycles. The van der Waals surface area contributed by atoms with E-state index in [2.05, 4.69) is 39.8 Å². The summed E-state index contributed by atoms with van der Waals surface area (Å²) in [6, 6.07) is 10.2. The summed E-state index contributed by atoms with van der Waals surface area (Å²) < 4.78 is 0. The van der Waals surface area contributed by atoms with E-state index in [0.717, 1.165) is 6.42 Å². The number of carbonyl (C=O) groups excluding carboxylic acids is 1. The predicted octanol–water partition coefficient (Wildman–Crippen LogP) is 4.43. The van der Waals surface area contributed by atoms with Crippen LogP contribution in [-0.4, -0.2) is 5.78 Å². The molecule has 0 aromatic heterocycles. The van der Waals surface area contributed by atoms with Crippen molar-refractivity contribution in [2.75, 3.05) is 0 Å². The van der Waals surface area contributed by atoms with Gasteiger partial charge in [0.15, 0.2) is 0 Å². The van der Waals surface area contributed by atoms with E-state index >= 15 is 0 Å². The summed E-state index contributed by atoms with van der Waals surface area (Å²) in [5.41, 5.74) is 1.17. The van der Waals surface area contributed by atoms with Crippen molar-refractivity contribution in [1.29, 1.82) is 0 Å². The highest BCUT2D eigenvalue weighted by Crippen LogP contribution is 2.29. The highest BCUT2D eigenvalue weighted by Gasteiger charge is 2.25. The van der Waals surface area contributed by atoms with Gasteiger partial charge in [0.25, 0.3) is 0 Å². The molecular formula is C16H24O. The van der Waals surface area contributed by atoms with Crippen molar-refractivity contribution in [2.45, 2.75) is 46.5 Å². The zero-order chi connectivity index (χ0) is 12.8. The van der Waals surface area contributed by atoms with Gasteiger partial charge in [-0.05, 0) is 17.4 Å². The zero-order valence-electron chi connectivity index (χ0n) is 11.4. The molecule has 94 valence electrons. The Kier molecular flexibility index (Phi) is 5.40. The molecule has 0 aliphatic carbocycles. The second kappa shape index (κ2) is 6.58. The van der Waals surface area contributed by atoms with Crippen LogP contribution in [0.2, 0.25) is 0 Å². The summed E-state index contributed by atoms with van der Waals surface area (Å²) in [5.74, 6) is 1.32. The molecule has 17 heavy (non-hydrogen) atoms. The van der Waals surface area contributed by atoms with Gasteiger partial charge in [0.05, 0.1) is 0 Å². The van der Waals surface area contributed by atoms with Gasteiger partial charge in [-0.25, -0.2) is 0 Å². The standard InChI is InChI=1S/C16H24O/c1-5-13(4)16(15(17)11-12(2)3)14-9-7-6-8-10-14/h6-10,12-13,16H,5,11H2,1-4H3. The van der Waals surface area contributed by atoms with Crippen molar-refractivity contribution in [1.82, 2.24) is 0 Å². The first kappa shape index (κ1) is 14.0. The summed E-state index contributed by atoms with van der Waals surface area (Å²) in [6.07, 6.45) is 1.73. The molecule has 0 bridgehead atoms. The van der Waals surface area contributed by atoms with Crippen molar-refractivity contribution in [2.24, 2.45) is 11.8 Å². The third-order valence-corrected chi connectivity index (χ3v) is 3.33. The molecule has 0 aliphatic heterocycles. The van der Waals surface area contributed by atoms with E-state index in [1.165, 1.54) is 5.56 Å². The van der Waals surface area contributed by atoms with E-state index in [4.69, 9.17) is 0 Å². The molecule has 1 heteroatoms. The lowest BCUT2D eigenvalue weighted by Crippen LogP contribution is -2.21. The third kappa shape index (κ3) is 3.99. The summed E-state index contributed by atoms with van der Waals surface area (Å²) in [4.78, 5) is 12.4. The zero-order valence-corrected chi connectivity index (χ0v) is 11.4. The molecule has 2 atom stereocenters. The minimum Gasteiger partial charge on any atom is -0.299 e. The second-order valence-electron chi connectivity index (χ2n) is 5.34. The molecule has 1 aromatic rings.